The lowest BCUT2D eigenvalue weighted by atomic mass is 10.3. The number of sulfonamides is 1. The third kappa shape index (κ3) is 2.85. The van der Waals surface area contributed by atoms with E-state index in [2.05, 4.69) is 14.9 Å². The van der Waals surface area contributed by atoms with E-state index in [1.54, 1.807) is 31.9 Å². The highest BCUT2D eigenvalue weighted by molar-refractivity contribution is 7.89. The molecule has 0 bridgehead atoms. The Kier molecular flexibility index (Phi) is 3.46. The first-order chi connectivity index (χ1) is 8.79. The van der Waals surface area contributed by atoms with Crippen molar-refractivity contribution in [2.45, 2.75) is 25.3 Å². The third-order valence-electron chi connectivity index (χ3n) is 2.83. The first kappa shape index (κ1) is 13.8. The van der Waals surface area contributed by atoms with Crippen molar-refractivity contribution < 1.29 is 8.42 Å². The van der Waals surface area contributed by atoms with E-state index in [1.165, 1.54) is 10.9 Å². The van der Waals surface area contributed by atoms with Crippen LogP contribution < -0.4 is 4.72 Å². The normalized spacial score (nSPS) is 12.0. The van der Waals surface area contributed by atoms with Crippen LogP contribution in [-0.4, -0.2) is 28.0 Å². The summed E-state index contributed by atoms with van der Waals surface area (Å²) in [5, 5.41) is 8.21. The second-order valence-corrected chi connectivity index (χ2v) is 6.23. The van der Waals surface area contributed by atoms with Crippen LogP contribution in [0.4, 0.5) is 0 Å². The molecule has 0 radical (unpaired) electrons. The molecule has 0 aromatic carbocycles. The lowest BCUT2D eigenvalue weighted by molar-refractivity contribution is 0.580. The Morgan fingerprint density at radius 2 is 1.68 bits per heavy atom. The molecule has 0 saturated carbocycles. The molecule has 7 nitrogen and oxygen atoms in total. The zero-order chi connectivity index (χ0) is 14.2. The van der Waals surface area contributed by atoms with E-state index in [0.29, 0.717) is 5.69 Å². The molecule has 104 valence electrons. The number of aryl methyl sites for hydroxylation is 4. The van der Waals surface area contributed by atoms with Gasteiger partial charge in [-0.25, -0.2) is 13.1 Å². The maximum Gasteiger partial charge on any atom is 0.244 e. The van der Waals surface area contributed by atoms with Gasteiger partial charge in [-0.1, -0.05) is 0 Å². The van der Waals surface area contributed by atoms with Gasteiger partial charge in [-0.3, -0.25) is 9.36 Å². The Morgan fingerprint density at radius 1 is 1.11 bits per heavy atom. The summed E-state index contributed by atoms with van der Waals surface area (Å²) in [7, 11) is -0.0526. The van der Waals surface area contributed by atoms with E-state index < -0.39 is 10.0 Å². The van der Waals surface area contributed by atoms with Crippen LogP contribution in [-0.2, 0) is 30.7 Å². The largest absolute Gasteiger partial charge is 0.275 e. The minimum Gasteiger partial charge on any atom is -0.275 e. The van der Waals surface area contributed by atoms with Gasteiger partial charge in [0.15, 0.2) is 0 Å². The van der Waals surface area contributed by atoms with Gasteiger partial charge in [0.25, 0.3) is 0 Å². The molecule has 8 heteroatoms. The Labute approximate surface area is 112 Å². The van der Waals surface area contributed by atoms with E-state index in [4.69, 9.17) is 0 Å². The first-order valence-corrected chi connectivity index (χ1v) is 7.27. The molecule has 0 atom stereocenters. The molecule has 0 spiro atoms. The maximum atomic E-state index is 12.2. The van der Waals surface area contributed by atoms with Gasteiger partial charge in [0.2, 0.25) is 10.0 Å². The van der Waals surface area contributed by atoms with Gasteiger partial charge in [0.05, 0.1) is 11.4 Å². The molecule has 19 heavy (non-hydrogen) atoms. The minimum atomic E-state index is -3.55. The average molecular weight is 283 g/mol. The molecule has 2 aromatic heterocycles. The predicted molar refractivity (Wildman–Crippen MR) is 69.9 cm³/mol. The van der Waals surface area contributed by atoms with E-state index in [1.807, 2.05) is 6.92 Å². The Balaban J connectivity index is 2.19. The third-order valence-corrected chi connectivity index (χ3v) is 4.33. The highest BCUT2D eigenvalue weighted by atomic mass is 32.2. The molecular weight excluding hydrogens is 266 g/mol. The second-order valence-electron chi connectivity index (χ2n) is 4.49. The van der Waals surface area contributed by atoms with Crippen LogP contribution in [0.1, 0.15) is 17.0 Å². The molecule has 0 amide bonds. The van der Waals surface area contributed by atoms with Gasteiger partial charge in [0, 0.05) is 38.6 Å². The molecule has 0 fully saturated rings. The fourth-order valence-corrected chi connectivity index (χ4v) is 3.14. The molecule has 0 aliphatic heterocycles. The summed E-state index contributed by atoms with van der Waals surface area (Å²) in [5.74, 6) is 0. The molecule has 1 N–H and O–H groups in total. The van der Waals surface area contributed by atoms with Gasteiger partial charge in [-0.15, -0.1) is 0 Å². The fraction of sp³-hybridized carbons (Fsp3) is 0.455. The van der Waals surface area contributed by atoms with E-state index in [0.717, 1.165) is 11.3 Å². The van der Waals surface area contributed by atoms with E-state index >= 15 is 0 Å². The van der Waals surface area contributed by atoms with Gasteiger partial charge in [-0.05, 0) is 13.8 Å². The maximum absolute atomic E-state index is 12.2. The molecular formula is C11H17N5O2S. The summed E-state index contributed by atoms with van der Waals surface area (Å²) in [6, 6.07) is 0. The van der Waals surface area contributed by atoms with Crippen LogP contribution in [0.15, 0.2) is 17.3 Å². The summed E-state index contributed by atoms with van der Waals surface area (Å²) in [6.45, 7) is 3.74. The summed E-state index contributed by atoms with van der Waals surface area (Å²) in [4.78, 5) is 0.205. The van der Waals surface area contributed by atoms with Crippen LogP contribution in [0.25, 0.3) is 0 Å². The lowest BCUT2D eigenvalue weighted by Crippen LogP contribution is -2.23. The van der Waals surface area contributed by atoms with Crippen molar-refractivity contribution in [2.24, 2.45) is 14.1 Å². The number of nitrogens with one attached hydrogen (secondary N) is 1. The predicted octanol–water partition coefficient (Wildman–Crippen LogP) is 0.249. The average Bonchev–Trinajstić information content (AvgIpc) is 2.79. The number of hydrogen-bond donors (Lipinski definition) is 1. The number of rotatable bonds is 4. The minimum absolute atomic E-state index is 0.205. The van der Waals surface area contributed by atoms with E-state index in [-0.39, 0.29) is 11.4 Å². The fourth-order valence-electron chi connectivity index (χ4n) is 1.91. The number of hydrogen-bond acceptors (Lipinski definition) is 4. The van der Waals surface area contributed by atoms with Crippen LogP contribution in [0.3, 0.4) is 0 Å². The van der Waals surface area contributed by atoms with E-state index in [9.17, 15) is 8.42 Å². The van der Waals surface area contributed by atoms with Crippen molar-refractivity contribution in [3.05, 3.63) is 29.3 Å². The zero-order valence-electron chi connectivity index (χ0n) is 11.4. The monoisotopic (exact) mass is 283 g/mol. The molecule has 2 heterocycles. The lowest BCUT2D eigenvalue weighted by Gasteiger charge is -2.04. The van der Waals surface area contributed by atoms with Gasteiger partial charge >= 0.3 is 0 Å². The van der Waals surface area contributed by atoms with Crippen molar-refractivity contribution in [3.8, 4) is 0 Å². The van der Waals surface area contributed by atoms with Crippen LogP contribution in [0, 0.1) is 13.8 Å². The SMILES string of the molecule is Cc1nn(C)cc1CNS(=O)(=O)c1cn(C)nc1C. The van der Waals surface area contributed by atoms with Crippen molar-refractivity contribution in [1.82, 2.24) is 24.3 Å². The zero-order valence-corrected chi connectivity index (χ0v) is 12.2. The van der Waals surface area contributed by atoms with Crippen LogP contribution >= 0.6 is 0 Å². The summed E-state index contributed by atoms with van der Waals surface area (Å²) in [5.41, 5.74) is 2.15. The quantitative estimate of drug-likeness (QED) is 0.872. The van der Waals surface area contributed by atoms with Crippen molar-refractivity contribution in [3.63, 3.8) is 0 Å². The Bertz CT molecular complexity index is 699. The first-order valence-electron chi connectivity index (χ1n) is 5.78. The summed E-state index contributed by atoms with van der Waals surface area (Å²) in [6.07, 6.45) is 3.29. The molecule has 0 aliphatic carbocycles. The highest BCUT2D eigenvalue weighted by Gasteiger charge is 2.20. The van der Waals surface area contributed by atoms with Crippen molar-refractivity contribution in [2.75, 3.05) is 0 Å². The molecule has 2 rings (SSSR count). The van der Waals surface area contributed by atoms with Crippen LogP contribution in [0.2, 0.25) is 0 Å². The highest BCUT2D eigenvalue weighted by Crippen LogP contribution is 2.13. The van der Waals surface area contributed by atoms with Gasteiger partial charge in [-0.2, -0.15) is 10.2 Å². The van der Waals surface area contributed by atoms with Crippen LogP contribution in [0.5, 0.6) is 0 Å². The van der Waals surface area contributed by atoms with Crippen molar-refractivity contribution >= 4 is 10.0 Å². The van der Waals surface area contributed by atoms with Crippen molar-refractivity contribution in [1.29, 1.82) is 0 Å². The number of aromatic nitrogens is 4. The smallest absolute Gasteiger partial charge is 0.244 e. The summed E-state index contributed by atoms with van der Waals surface area (Å²) < 4.78 is 30.0. The molecule has 0 saturated heterocycles. The molecule has 0 aliphatic rings. The topological polar surface area (TPSA) is 81.8 Å². The summed E-state index contributed by atoms with van der Waals surface area (Å²) >= 11 is 0. The molecule has 2 aromatic rings. The molecule has 0 unspecified atom stereocenters. The second kappa shape index (κ2) is 4.78. The standard InChI is InChI=1S/C11H17N5O2S/c1-8-10(6-15(3)13-8)5-12-19(17,18)11-7-16(4)14-9(11)2/h6-7,12H,5H2,1-4H3. The Morgan fingerprint density at radius 3 is 2.16 bits per heavy atom. The number of nitrogens with zero attached hydrogens (tertiary/aromatic N) is 4. The Hall–Kier alpha value is -1.67. The van der Waals surface area contributed by atoms with Gasteiger partial charge in [0.1, 0.15) is 4.90 Å². The van der Waals surface area contributed by atoms with Gasteiger partial charge < -0.3 is 0 Å².